The summed E-state index contributed by atoms with van der Waals surface area (Å²) >= 11 is 3.39. The normalized spacial score (nSPS) is 22.7. The van der Waals surface area contributed by atoms with Crippen molar-refractivity contribution in [3.63, 3.8) is 0 Å². The van der Waals surface area contributed by atoms with Crippen molar-refractivity contribution in [3.8, 4) is 0 Å². The number of nitrogens with zero attached hydrogens (tertiary/aromatic N) is 1. The molecule has 5 heteroatoms. The molecular weight excluding hydrogens is 298 g/mol. The number of ether oxygens (including phenoxy) is 1. The van der Waals surface area contributed by atoms with Crippen LogP contribution in [0.1, 0.15) is 18.6 Å². The van der Waals surface area contributed by atoms with Gasteiger partial charge in [0, 0.05) is 17.6 Å². The first kappa shape index (κ1) is 13.5. The van der Waals surface area contributed by atoms with Crippen LogP contribution in [0, 0.1) is 0 Å². The van der Waals surface area contributed by atoms with E-state index in [9.17, 15) is 4.79 Å². The highest BCUT2D eigenvalue weighted by atomic mass is 79.9. The molecule has 1 fully saturated rings. The molecule has 1 saturated heterocycles. The molecule has 0 radical (unpaired) electrons. The van der Waals surface area contributed by atoms with Gasteiger partial charge in [-0.2, -0.15) is 0 Å². The van der Waals surface area contributed by atoms with Crippen LogP contribution in [-0.2, 0) is 9.53 Å². The lowest BCUT2D eigenvalue weighted by Crippen LogP contribution is -2.46. The molecule has 98 valence electrons. The maximum atomic E-state index is 11.0. The van der Waals surface area contributed by atoms with E-state index >= 15 is 0 Å². The van der Waals surface area contributed by atoms with Gasteiger partial charge in [0.15, 0.2) is 0 Å². The van der Waals surface area contributed by atoms with Gasteiger partial charge in [-0.15, -0.1) is 0 Å². The lowest BCUT2D eigenvalue weighted by molar-refractivity contribution is -0.145. The Kier molecular flexibility index (Phi) is 4.37. The van der Waals surface area contributed by atoms with Crippen molar-refractivity contribution in [2.45, 2.75) is 19.1 Å². The van der Waals surface area contributed by atoms with Crippen LogP contribution in [0.4, 0.5) is 0 Å². The molecular formula is C13H16BrNO3. The number of halogens is 1. The number of hydrogen-bond acceptors (Lipinski definition) is 3. The molecule has 0 aromatic heterocycles. The first-order chi connectivity index (χ1) is 8.58. The zero-order chi connectivity index (χ0) is 13.1. The van der Waals surface area contributed by atoms with E-state index in [0.717, 1.165) is 10.0 Å². The molecule has 2 rings (SSSR count). The van der Waals surface area contributed by atoms with Crippen molar-refractivity contribution < 1.29 is 14.6 Å². The molecule has 2 atom stereocenters. The van der Waals surface area contributed by atoms with Crippen LogP contribution in [0.2, 0.25) is 0 Å². The molecule has 1 aliphatic rings. The number of morpholine rings is 1. The standard InChI is InChI=1S/C13H16BrNO3/c1-9(13(16)17)15-6-7-18-12(8-15)10-2-4-11(14)5-3-10/h2-5,9,12H,6-8H2,1H3,(H,16,17)/t9-,12+/m1/s1. The summed E-state index contributed by atoms with van der Waals surface area (Å²) in [7, 11) is 0. The molecule has 1 aliphatic heterocycles. The third-order valence-corrected chi connectivity index (χ3v) is 3.77. The summed E-state index contributed by atoms with van der Waals surface area (Å²) in [4.78, 5) is 12.9. The van der Waals surface area contributed by atoms with Gasteiger partial charge in [0.2, 0.25) is 0 Å². The lowest BCUT2D eigenvalue weighted by atomic mass is 10.1. The summed E-state index contributed by atoms with van der Waals surface area (Å²) < 4.78 is 6.74. The second-order valence-electron chi connectivity index (χ2n) is 4.42. The molecule has 0 unspecified atom stereocenters. The molecule has 18 heavy (non-hydrogen) atoms. The van der Waals surface area contributed by atoms with Gasteiger partial charge in [-0.1, -0.05) is 28.1 Å². The maximum Gasteiger partial charge on any atom is 0.320 e. The number of carboxylic acids is 1. The summed E-state index contributed by atoms with van der Waals surface area (Å²) in [6, 6.07) is 7.48. The third-order valence-electron chi connectivity index (χ3n) is 3.24. The zero-order valence-electron chi connectivity index (χ0n) is 10.2. The fourth-order valence-electron chi connectivity index (χ4n) is 2.06. The van der Waals surface area contributed by atoms with E-state index in [1.807, 2.05) is 29.2 Å². The number of carbonyl (C=O) groups is 1. The Bertz CT molecular complexity index is 421. The van der Waals surface area contributed by atoms with Crippen molar-refractivity contribution in [3.05, 3.63) is 34.3 Å². The van der Waals surface area contributed by atoms with Crippen LogP contribution < -0.4 is 0 Å². The van der Waals surface area contributed by atoms with Crippen LogP contribution in [0.25, 0.3) is 0 Å². The highest BCUT2D eigenvalue weighted by Gasteiger charge is 2.28. The zero-order valence-corrected chi connectivity index (χ0v) is 11.8. The van der Waals surface area contributed by atoms with Gasteiger partial charge < -0.3 is 9.84 Å². The average Bonchev–Trinajstić information content (AvgIpc) is 2.38. The van der Waals surface area contributed by atoms with Gasteiger partial charge in [-0.3, -0.25) is 9.69 Å². The molecule has 1 heterocycles. The number of aliphatic carboxylic acids is 1. The Morgan fingerprint density at radius 1 is 1.50 bits per heavy atom. The number of rotatable bonds is 3. The maximum absolute atomic E-state index is 11.0. The van der Waals surface area contributed by atoms with Crippen molar-refractivity contribution in [2.24, 2.45) is 0 Å². The Balaban J connectivity index is 2.06. The minimum absolute atomic E-state index is 0.0475. The third kappa shape index (κ3) is 3.10. The van der Waals surface area contributed by atoms with Gasteiger partial charge in [-0.05, 0) is 24.6 Å². The monoisotopic (exact) mass is 313 g/mol. The van der Waals surface area contributed by atoms with E-state index in [1.165, 1.54) is 0 Å². The largest absolute Gasteiger partial charge is 0.480 e. The predicted octanol–water partition coefficient (Wildman–Crippen LogP) is 2.30. The quantitative estimate of drug-likeness (QED) is 0.930. The average molecular weight is 314 g/mol. The molecule has 0 aliphatic carbocycles. The van der Waals surface area contributed by atoms with Gasteiger partial charge in [-0.25, -0.2) is 0 Å². The Morgan fingerprint density at radius 3 is 2.78 bits per heavy atom. The van der Waals surface area contributed by atoms with E-state index in [1.54, 1.807) is 6.92 Å². The van der Waals surface area contributed by atoms with E-state index in [0.29, 0.717) is 19.7 Å². The Labute approximate surface area is 115 Å². The minimum Gasteiger partial charge on any atom is -0.480 e. The summed E-state index contributed by atoms with van der Waals surface area (Å²) in [6.45, 7) is 3.57. The number of benzene rings is 1. The highest BCUT2D eigenvalue weighted by molar-refractivity contribution is 9.10. The molecule has 0 spiro atoms. The van der Waals surface area contributed by atoms with E-state index < -0.39 is 12.0 Å². The van der Waals surface area contributed by atoms with Crippen molar-refractivity contribution >= 4 is 21.9 Å². The Hall–Kier alpha value is -0.910. The first-order valence-corrected chi connectivity index (χ1v) is 6.71. The van der Waals surface area contributed by atoms with Crippen molar-refractivity contribution in [2.75, 3.05) is 19.7 Å². The summed E-state index contributed by atoms with van der Waals surface area (Å²) in [6.07, 6.45) is -0.0475. The lowest BCUT2D eigenvalue weighted by Gasteiger charge is -2.35. The molecule has 0 bridgehead atoms. The number of hydrogen-bond donors (Lipinski definition) is 1. The molecule has 4 nitrogen and oxygen atoms in total. The van der Waals surface area contributed by atoms with Gasteiger partial charge >= 0.3 is 5.97 Å². The SMILES string of the molecule is C[C@H](C(=O)O)N1CCO[C@H](c2ccc(Br)cc2)C1. The van der Waals surface area contributed by atoms with Gasteiger partial charge in [0.1, 0.15) is 6.04 Å². The molecule has 0 saturated carbocycles. The van der Waals surface area contributed by atoms with Crippen LogP contribution in [-0.4, -0.2) is 41.7 Å². The summed E-state index contributed by atoms with van der Waals surface area (Å²) in [5, 5.41) is 9.04. The predicted molar refractivity (Wildman–Crippen MR) is 71.5 cm³/mol. The van der Waals surface area contributed by atoms with Crippen molar-refractivity contribution in [1.29, 1.82) is 0 Å². The van der Waals surface area contributed by atoms with Crippen LogP contribution in [0.15, 0.2) is 28.7 Å². The van der Waals surface area contributed by atoms with Crippen molar-refractivity contribution in [1.82, 2.24) is 4.90 Å². The second-order valence-corrected chi connectivity index (χ2v) is 5.34. The van der Waals surface area contributed by atoms with E-state index in [-0.39, 0.29) is 6.10 Å². The minimum atomic E-state index is -0.786. The summed E-state index contributed by atoms with van der Waals surface area (Å²) in [5.41, 5.74) is 1.08. The molecule has 1 aromatic rings. The van der Waals surface area contributed by atoms with Crippen LogP contribution >= 0.6 is 15.9 Å². The smallest absolute Gasteiger partial charge is 0.320 e. The van der Waals surface area contributed by atoms with Crippen LogP contribution in [0.5, 0.6) is 0 Å². The van der Waals surface area contributed by atoms with Gasteiger partial charge in [0.05, 0.1) is 12.7 Å². The summed E-state index contributed by atoms with van der Waals surface area (Å²) in [5.74, 6) is -0.786. The second kappa shape index (κ2) is 5.82. The van der Waals surface area contributed by atoms with E-state index in [4.69, 9.17) is 9.84 Å². The fourth-order valence-corrected chi connectivity index (χ4v) is 2.32. The number of carboxylic acid groups (broad SMARTS) is 1. The molecule has 1 aromatic carbocycles. The molecule has 1 N–H and O–H groups in total. The van der Waals surface area contributed by atoms with Gasteiger partial charge in [0.25, 0.3) is 0 Å². The van der Waals surface area contributed by atoms with E-state index in [2.05, 4.69) is 15.9 Å². The fraction of sp³-hybridized carbons (Fsp3) is 0.462. The first-order valence-electron chi connectivity index (χ1n) is 5.92. The van der Waals surface area contributed by atoms with Crippen LogP contribution in [0.3, 0.4) is 0 Å². The topological polar surface area (TPSA) is 49.8 Å². The molecule has 0 amide bonds. The highest BCUT2D eigenvalue weighted by Crippen LogP contribution is 2.24. The Morgan fingerprint density at radius 2 is 2.17 bits per heavy atom.